The van der Waals surface area contributed by atoms with E-state index in [1.807, 2.05) is 0 Å². The number of fused-ring (bicyclic) bond motifs is 1. The van der Waals surface area contributed by atoms with E-state index in [9.17, 15) is 14.4 Å². The fraction of sp³-hybridized carbons (Fsp3) is 0.500. The topological polar surface area (TPSA) is 79.0 Å². The third kappa shape index (κ3) is 2.94. The SMILES string of the molecule is O=C(c1ccc2c(c1)C(=O)N(CC1CCCO1)C2=O)N1CCNCC1. The Balaban J connectivity index is 1.55. The van der Waals surface area contributed by atoms with Crippen molar-refractivity contribution in [2.24, 2.45) is 0 Å². The zero-order valence-corrected chi connectivity index (χ0v) is 14.0. The van der Waals surface area contributed by atoms with E-state index in [0.717, 1.165) is 25.9 Å². The average Bonchev–Trinajstić information content (AvgIpc) is 3.25. The number of imide groups is 1. The summed E-state index contributed by atoms with van der Waals surface area (Å²) in [6, 6.07) is 4.81. The van der Waals surface area contributed by atoms with Crippen molar-refractivity contribution in [1.29, 1.82) is 0 Å². The highest BCUT2D eigenvalue weighted by molar-refractivity contribution is 6.22. The van der Waals surface area contributed by atoms with Gasteiger partial charge in [0.15, 0.2) is 0 Å². The van der Waals surface area contributed by atoms with Gasteiger partial charge in [-0.05, 0) is 31.0 Å². The van der Waals surface area contributed by atoms with E-state index >= 15 is 0 Å². The van der Waals surface area contributed by atoms with Crippen molar-refractivity contribution in [2.45, 2.75) is 18.9 Å². The van der Waals surface area contributed by atoms with Crippen LogP contribution >= 0.6 is 0 Å². The maximum atomic E-state index is 12.7. The molecule has 0 aromatic heterocycles. The molecule has 0 saturated carbocycles. The number of piperazine rings is 1. The fourth-order valence-corrected chi connectivity index (χ4v) is 3.63. The van der Waals surface area contributed by atoms with Gasteiger partial charge >= 0.3 is 0 Å². The van der Waals surface area contributed by atoms with Crippen LogP contribution in [0.1, 0.15) is 43.9 Å². The Labute approximate surface area is 145 Å². The summed E-state index contributed by atoms with van der Waals surface area (Å²) in [6.07, 6.45) is 1.74. The summed E-state index contributed by atoms with van der Waals surface area (Å²) >= 11 is 0. The molecule has 0 aliphatic carbocycles. The van der Waals surface area contributed by atoms with Crippen LogP contribution in [0.4, 0.5) is 0 Å². The number of amides is 3. The summed E-state index contributed by atoms with van der Waals surface area (Å²) in [5.41, 5.74) is 1.16. The number of nitrogens with zero attached hydrogens (tertiary/aromatic N) is 2. The molecule has 25 heavy (non-hydrogen) atoms. The molecule has 0 radical (unpaired) electrons. The molecule has 3 heterocycles. The summed E-state index contributed by atoms with van der Waals surface area (Å²) < 4.78 is 5.54. The molecule has 1 atom stereocenters. The molecule has 7 nitrogen and oxygen atoms in total. The van der Waals surface area contributed by atoms with E-state index in [-0.39, 0.29) is 30.4 Å². The lowest BCUT2D eigenvalue weighted by Crippen LogP contribution is -2.46. The third-order valence-electron chi connectivity index (χ3n) is 5.03. The monoisotopic (exact) mass is 343 g/mol. The van der Waals surface area contributed by atoms with Crippen molar-refractivity contribution in [2.75, 3.05) is 39.3 Å². The quantitative estimate of drug-likeness (QED) is 0.809. The number of carbonyl (C=O) groups is 3. The van der Waals surface area contributed by atoms with E-state index in [0.29, 0.717) is 36.4 Å². The Bertz CT molecular complexity index is 721. The molecule has 1 unspecified atom stereocenters. The van der Waals surface area contributed by atoms with E-state index in [1.165, 1.54) is 4.90 Å². The summed E-state index contributed by atoms with van der Waals surface area (Å²) in [5.74, 6) is -0.718. The van der Waals surface area contributed by atoms with E-state index < -0.39 is 0 Å². The number of carbonyl (C=O) groups excluding carboxylic acids is 3. The van der Waals surface area contributed by atoms with Crippen LogP contribution in [0.2, 0.25) is 0 Å². The van der Waals surface area contributed by atoms with Gasteiger partial charge in [-0.15, -0.1) is 0 Å². The summed E-state index contributed by atoms with van der Waals surface area (Å²) in [7, 11) is 0. The molecule has 3 aliphatic rings. The molecule has 1 N–H and O–H groups in total. The second kappa shape index (κ2) is 6.57. The van der Waals surface area contributed by atoms with Crippen LogP contribution in [-0.2, 0) is 4.74 Å². The third-order valence-corrected chi connectivity index (χ3v) is 5.03. The minimum atomic E-state index is -0.328. The molecule has 0 bridgehead atoms. The number of benzene rings is 1. The van der Waals surface area contributed by atoms with Crippen LogP contribution in [0.5, 0.6) is 0 Å². The average molecular weight is 343 g/mol. The molecule has 2 saturated heterocycles. The Kier molecular flexibility index (Phi) is 4.27. The second-order valence-corrected chi connectivity index (χ2v) is 6.66. The van der Waals surface area contributed by atoms with Crippen LogP contribution < -0.4 is 5.32 Å². The predicted octanol–water partition coefficient (Wildman–Crippen LogP) is 0.507. The first-order valence-electron chi connectivity index (χ1n) is 8.77. The van der Waals surface area contributed by atoms with Gasteiger partial charge in [-0.2, -0.15) is 0 Å². The smallest absolute Gasteiger partial charge is 0.261 e. The minimum Gasteiger partial charge on any atom is -0.376 e. The normalized spacial score (nSPS) is 23.3. The fourth-order valence-electron chi connectivity index (χ4n) is 3.63. The minimum absolute atomic E-state index is 0.0795. The van der Waals surface area contributed by atoms with Crippen LogP contribution in [0.15, 0.2) is 18.2 Å². The summed E-state index contributed by atoms with van der Waals surface area (Å²) in [5, 5.41) is 3.20. The highest BCUT2D eigenvalue weighted by Gasteiger charge is 2.38. The standard InChI is InChI=1S/C18H21N3O4/c22-16(20-7-5-19-6-8-20)12-3-4-14-15(10-12)18(24)21(17(14)23)11-13-2-1-9-25-13/h3-4,10,13,19H,1-2,5-9,11H2. The maximum absolute atomic E-state index is 12.7. The lowest BCUT2D eigenvalue weighted by molar-refractivity contribution is 0.0475. The first-order chi connectivity index (χ1) is 12.1. The summed E-state index contributed by atoms with van der Waals surface area (Å²) in [4.78, 5) is 40.8. The number of ether oxygens (including phenoxy) is 1. The lowest BCUT2D eigenvalue weighted by atomic mass is 10.0. The Hall–Kier alpha value is -2.25. The molecular weight excluding hydrogens is 322 g/mol. The van der Waals surface area contributed by atoms with Crippen molar-refractivity contribution >= 4 is 17.7 Å². The molecular formula is C18H21N3O4. The van der Waals surface area contributed by atoms with Crippen LogP contribution in [-0.4, -0.2) is 73.0 Å². The van der Waals surface area contributed by atoms with Crippen LogP contribution in [0, 0.1) is 0 Å². The summed E-state index contributed by atoms with van der Waals surface area (Å²) in [6.45, 7) is 3.79. The van der Waals surface area contributed by atoms with Crippen molar-refractivity contribution in [3.8, 4) is 0 Å². The second-order valence-electron chi connectivity index (χ2n) is 6.66. The molecule has 2 fully saturated rings. The first kappa shape index (κ1) is 16.2. The highest BCUT2D eigenvalue weighted by atomic mass is 16.5. The van der Waals surface area contributed by atoms with Gasteiger partial charge in [-0.1, -0.05) is 0 Å². The maximum Gasteiger partial charge on any atom is 0.261 e. The number of hydrogen-bond acceptors (Lipinski definition) is 5. The molecule has 3 amide bonds. The number of hydrogen-bond donors (Lipinski definition) is 1. The number of rotatable bonds is 3. The van der Waals surface area contributed by atoms with Gasteiger partial charge in [0, 0.05) is 38.3 Å². The van der Waals surface area contributed by atoms with Crippen LogP contribution in [0.3, 0.4) is 0 Å². The van der Waals surface area contributed by atoms with E-state index in [4.69, 9.17) is 4.74 Å². The van der Waals surface area contributed by atoms with Gasteiger partial charge < -0.3 is 15.0 Å². The van der Waals surface area contributed by atoms with Crippen molar-refractivity contribution in [1.82, 2.24) is 15.1 Å². The Morgan fingerprint density at radius 1 is 1.16 bits per heavy atom. The molecule has 3 aliphatic heterocycles. The van der Waals surface area contributed by atoms with Gasteiger partial charge in [-0.25, -0.2) is 0 Å². The van der Waals surface area contributed by atoms with E-state index in [1.54, 1.807) is 23.1 Å². The molecule has 7 heteroatoms. The van der Waals surface area contributed by atoms with Gasteiger partial charge in [0.2, 0.25) is 0 Å². The Morgan fingerprint density at radius 2 is 1.92 bits per heavy atom. The molecule has 1 aromatic rings. The lowest BCUT2D eigenvalue weighted by Gasteiger charge is -2.27. The number of nitrogens with one attached hydrogen (secondary N) is 1. The molecule has 0 spiro atoms. The van der Waals surface area contributed by atoms with E-state index in [2.05, 4.69) is 5.32 Å². The van der Waals surface area contributed by atoms with Crippen molar-refractivity contribution in [3.05, 3.63) is 34.9 Å². The van der Waals surface area contributed by atoms with Gasteiger partial charge in [-0.3, -0.25) is 19.3 Å². The van der Waals surface area contributed by atoms with Crippen molar-refractivity contribution in [3.63, 3.8) is 0 Å². The van der Waals surface area contributed by atoms with Gasteiger partial charge in [0.05, 0.1) is 23.8 Å². The zero-order chi connectivity index (χ0) is 17.4. The molecule has 132 valence electrons. The molecule has 1 aromatic carbocycles. The zero-order valence-electron chi connectivity index (χ0n) is 14.0. The Morgan fingerprint density at radius 3 is 2.64 bits per heavy atom. The highest BCUT2D eigenvalue weighted by Crippen LogP contribution is 2.26. The van der Waals surface area contributed by atoms with Crippen molar-refractivity contribution < 1.29 is 19.1 Å². The van der Waals surface area contributed by atoms with Crippen LogP contribution in [0.25, 0.3) is 0 Å². The predicted molar refractivity (Wildman–Crippen MR) is 89.6 cm³/mol. The molecule has 4 rings (SSSR count). The first-order valence-corrected chi connectivity index (χ1v) is 8.77. The van der Waals surface area contributed by atoms with Gasteiger partial charge in [0.25, 0.3) is 17.7 Å². The largest absolute Gasteiger partial charge is 0.376 e. The van der Waals surface area contributed by atoms with Gasteiger partial charge in [0.1, 0.15) is 0 Å².